The lowest BCUT2D eigenvalue weighted by Gasteiger charge is -2.11. The Kier molecular flexibility index (Phi) is 7.96. The zero-order valence-corrected chi connectivity index (χ0v) is 20.0. The van der Waals surface area contributed by atoms with E-state index in [0.29, 0.717) is 33.7 Å². The SMILES string of the molecule is Cc1cccc(COc2c(Cl)cc(/C=N/NC(=O)Nc3ccc(Br)c(C)c3)cc2Cl)c1. The first-order valence-corrected chi connectivity index (χ1v) is 10.9. The van der Waals surface area contributed by atoms with Crippen LogP contribution in [-0.2, 0) is 6.61 Å². The van der Waals surface area contributed by atoms with E-state index in [4.69, 9.17) is 27.9 Å². The Morgan fingerprint density at radius 1 is 1.10 bits per heavy atom. The summed E-state index contributed by atoms with van der Waals surface area (Å²) in [4.78, 5) is 12.0. The van der Waals surface area contributed by atoms with Gasteiger partial charge in [-0.05, 0) is 60.9 Å². The number of nitrogens with one attached hydrogen (secondary N) is 2. The molecular formula is C23H20BrCl2N3O2. The third-order valence-corrected chi connectivity index (χ3v) is 5.73. The van der Waals surface area contributed by atoms with Gasteiger partial charge in [-0.25, -0.2) is 10.2 Å². The summed E-state index contributed by atoms with van der Waals surface area (Å²) >= 11 is 16.1. The summed E-state index contributed by atoms with van der Waals surface area (Å²) in [5.74, 6) is 0.401. The molecule has 0 aliphatic heterocycles. The van der Waals surface area contributed by atoms with Crippen LogP contribution in [0.1, 0.15) is 22.3 Å². The number of urea groups is 1. The molecule has 2 amide bonds. The van der Waals surface area contributed by atoms with Crippen molar-refractivity contribution in [3.8, 4) is 5.75 Å². The van der Waals surface area contributed by atoms with Gasteiger partial charge in [-0.1, -0.05) is 69.0 Å². The van der Waals surface area contributed by atoms with Gasteiger partial charge >= 0.3 is 6.03 Å². The molecule has 5 nitrogen and oxygen atoms in total. The summed E-state index contributed by atoms with van der Waals surface area (Å²) in [6.45, 7) is 4.31. The fourth-order valence-corrected chi connectivity index (χ4v) is 3.66. The van der Waals surface area contributed by atoms with E-state index in [1.54, 1.807) is 18.2 Å². The Balaban J connectivity index is 1.59. The van der Waals surface area contributed by atoms with E-state index in [1.165, 1.54) is 6.21 Å². The van der Waals surface area contributed by atoms with Crippen molar-refractivity contribution >= 4 is 57.1 Å². The largest absolute Gasteiger partial charge is 0.486 e. The smallest absolute Gasteiger partial charge is 0.339 e. The van der Waals surface area contributed by atoms with Crippen LogP contribution in [0.4, 0.5) is 10.5 Å². The van der Waals surface area contributed by atoms with E-state index in [2.05, 4.69) is 31.8 Å². The maximum atomic E-state index is 12.0. The molecule has 0 unspecified atom stereocenters. The van der Waals surface area contributed by atoms with Gasteiger partial charge in [-0.15, -0.1) is 0 Å². The van der Waals surface area contributed by atoms with Crippen molar-refractivity contribution in [1.29, 1.82) is 0 Å². The highest BCUT2D eigenvalue weighted by atomic mass is 79.9. The minimum absolute atomic E-state index is 0.353. The van der Waals surface area contributed by atoms with Crippen LogP contribution >= 0.6 is 39.1 Å². The molecule has 8 heteroatoms. The quantitative estimate of drug-likeness (QED) is 0.268. The number of carbonyl (C=O) groups excluding carboxylic acids is 1. The van der Waals surface area contributed by atoms with Crippen LogP contribution in [-0.4, -0.2) is 12.2 Å². The zero-order valence-electron chi connectivity index (χ0n) is 16.9. The third kappa shape index (κ3) is 6.72. The molecule has 0 spiro atoms. The molecule has 3 aromatic rings. The summed E-state index contributed by atoms with van der Waals surface area (Å²) in [6.07, 6.45) is 1.45. The second-order valence-electron chi connectivity index (χ2n) is 6.88. The number of nitrogens with zero attached hydrogens (tertiary/aromatic N) is 1. The number of hydrazone groups is 1. The van der Waals surface area contributed by atoms with E-state index >= 15 is 0 Å². The first kappa shape index (κ1) is 23.1. The Morgan fingerprint density at radius 3 is 2.52 bits per heavy atom. The maximum absolute atomic E-state index is 12.0. The van der Waals surface area contributed by atoms with Gasteiger partial charge in [0.25, 0.3) is 0 Å². The number of anilines is 1. The Labute approximate surface area is 199 Å². The van der Waals surface area contributed by atoms with Crippen LogP contribution in [0, 0.1) is 13.8 Å². The first-order valence-electron chi connectivity index (χ1n) is 9.35. The van der Waals surface area contributed by atoms with Gasteiger partial charge in [0.05, 0.1) is 16.3 Å². The Morgan fingerprint density at radius 2 is 1.84 bits per heavy atom. The number of amides is 2. The van der Waals surface area contributed by atoms with Crippen molar-refractivity contribution in [2.24, 2.45) is 5.10 Å². The monoisotopic (exact) mass is 519 g/mol. The standard InChI is InChI=1S/C23H20BrCl2N3O2/c1-14-4-3-5-16(8-14)13-31-22-20(25)10-17(11-21(22)26)12-27-29-23(30)28-18-6-7-19(24)15(2)9-18/h3-12H,13H2,1-2H3,(H2,28,29,30)/b27-12+. The second kappa shape index (κ2) is 10.7. The lowest BCUT2D eigenvalue weighted by atomic mass is 10.1. The molecule has 0 aliphatic rings. The van der Waals surface area contributed by atoms with Crippen molar-refractivity contribution in [2.45, 2.75) is 20.5 Å². The molecule has 0 radical (unpaired) electrons. The third-order valence-electron chi connectivity index (χ3n) is 4.28. The highest BCUT2D eigenvalue weighted by Gasteiger charge is 2.10. The van der Waals surface area contributed by atoms with Gasteiger partial charge in [-0.3, -0.25) is 0 Å². The van der Waals surface area contributed by atoms with Crippen LogP contribution in [0.15, 0.2) is 64.2 Å². The second-order valence-corrected chi connectivity index (χ2v) is 8.55. The average molecular weight is 521 g/mol. The number of halogens is 3. The summed E-state index contributed by atoms with van der Waals surface area (Å²) in [5, 5.41) is 7.36. The molecule has 3 rings (SSSR count). The number of carbonyl (C=O) groups is 1. The van der Waals surface area contributed by atoms with Crippen molar-refractivity contribution in [3.05, 3.63) is 91.4 Å². The lowest BCUT2D eigenvalue weighted by molar-refractivity contribution is 0.252. The van der Waals surface area contributed by atoms with Gasteiger partial charge in [0, 0.05) is 10.2 Å². The summed E-state index contributed by atoms with van der Waals surface area (Å²) in [5.41, 5.74) is 6.88. The predicted octanol–water partition coefficient (Wildman–Crippen LogP) is 7.11. The number of ether oxygens (including phenoxy) is 1. The zero-order chi connectivity index (χ0) is 22.4. The van der Waals surface area contributed by atoms with E-state index in [-0.39, 0.29) is 0 Å². The fraction of sp³-hybridized carbons (Fsp3) is 0.130. The Hall–Kier alpha value is -2.54. The van der Waals surface area contributed by atoms with Crippen LogP contribution in [0.25, 0.3) is 0 Å². The molecule has 0 bridgehead atoms. The normalized spacial score (nSPS) is 10.9. The molecule has 0 saturated heterocycles. The molecule has 2 N–H and O–H groups in total. The first-order chi connectivity index (χ1) is 14.8. The molecule has 160 valence electrons. The minimum Gasteiger partial charge on any atom is -0.486 e. The van der Waals surface area contributed by atoms with Gasteiger partial charge < -0.3 is 10.1 Å². The number of benzene rings is 3. The summed E-state index contributed by atoms with van der Waals surface area (Å²) in [6, 6.07) is 16.4. The highest BCUT2D eigenvalue weighted by Crippen LogP contribution is 2.34. The molecular weight excluding hydrogens is 501 g/mol. The van der Waals surface area contributed by atoms with Crippen molar-refractivity contribution in [3.63, 3.8) is 0 Å². The van der Waals surface area contributed by atoms with Crippen LogP contribution < -0.4 is 15.5 Å². The summed E-state index contributed by atoms with van der Waals surface area (Å²) in [7, 11) is 0. The van der Waals surface area contributed by atoms with Gasteiger partial charge in [0.2, 0.25) is 0 Å². The maximum Gasteiger partial charge on any atom is 0.339 e. The lowest BCUT2D eigenvalue weighted by Crippen LogP contribution is -2.24. The predicted molar refractivity (Wildman–Crippen MR) is 131 cm³/mol. The van der Waals surface area contributed by atoms with E-state index in [9.17, 15) is 4.79 Å². The molecule has 0 saturated carbocycles. The van der Waals surface area contributed by atoms with Crippen LogP contribution in [0.5, 0.6) is 5.75 Å². The highest BCUT2D eigenvalue weighted by molar-refractivity contribution is 9.10. The number of aryl methyl sites for hydroxylation is 2. The molecule has 3 aromatic carbocycles. The van der Waals surface area contributed by atoms with E-state index in [1.807, 2.05) is 50.2 Å². The fourth-order valence-electron chi connectivity index (χ4n) is 2.80. The molecule has 31 heavy (non-hydrogen) atoms. The topological polar surface area (TPSA) is 62.7 Å². The van der Waals surface area contributed by atoms with Crippen LogP contribution in [0.2, 0.25) is 10.0 Å². The summed E-state index contributed by atoms with van der Waals surface area (Å²) < 4.78 is 6.77. The molecule has 0 aliphatic carbocycles. The van der Waals surface area contributed by atoms with Crippen molar-refractivity contribution in [1.82, 2.24) is 5.43 Å². The minimum atomic E-state index is -0.465. The van der Waals surface area contributed by atoms with Gasteiger partial charge in [-0.2, -0.15) is 5.10 Å². The number of hydrogen-bond donors (Lipinski definition) is 2. The van der Waals surface area contributed by atoms with Gasteiger partial charge in [0.1, 0.15) is 6.61 Å². The number of rotatable bonds is 6. The van der Waals surface area contributed by atoms with E-state index < -0.39 is 6.03 Å². The van der Waals surface area contributed by atoms with Gasteiger partial charge in [0.15, 0.2) is 5.75 Å². The Bertz CT molecular complexity index is 1110. The molecule has 0 atom stereocenters. The van der Waals surface area contributed by atoms with E-state index in [0.717, 1.165) is 21.2 Å². The van der Waals surface area contributed by atoms with Crippen molar-refractivity contribution < 1.29 is 9.53 Å². The average Bonchev–Trinajstić information content (AvgIpc) is 2.70. The van der Waals surface area contributed by atoms with Crippen LogP contribution in [0.3, 0.4) is 0 Å². The number of hydrogen-bond acceptors (Lipinski definition) is 3. The molecule has 0 aromatic heterocycles. The molecule has 0 heterocycles. The van der Waals surface area contributed by atoms with Crippen molar-refractivity contribution in [2.75, 3.05) is 5.32 Å². The molecule has 0 fully saturated rings.